The molecular weight excluding hydrogens is 1020 g/mol. The lowest BCUT2D eigenvalue weighted by Crippen LogP contribution is -2.51. The number of Topliss-reactive ketones (excluding diaryl/α,β-unsaturated/α-hetero) is 1. The fourth-order valence-electron chi connectivity index (χ4n) is 8.50. The number of aliphatic hydroxyl groups is 4. The molecule has 0 aliphatic carbocycles. The van der Waals surface area contributed by atoms with Crippen molar-refractivity contribution < 1.29 is 81.3 Å². The monoisotopic (exact) mass is 1100 g/mol. The Bertz CT molecular complexity index is 2120. The summed E-state index contributed by atoms with van der Waals surface area (Å²) < 4.78 is 58.9. The average Bonchev–Trinajstić information content (AvgIpc) is 3.35. The Hall–Kier alpha value is -3.69. The molecule has 2 bridgehead atoms. The van der Waals surface area contributed by atoms with Crippen LogP contribution in [-0.4, -0.2) is 114 Å². The van der Waals surface area contributed by atoms with Gasteiger partial charge in [-0.3, -0.25) is 28.0 Å². The third kappa shape index (κ3) is 27.0. The number of nitrogen functional groups attached to an aromatic ring is 1. The van der Waals surface area contributed by atoms with Gasteiger partial charge in [0.1, 0.15) is 36.6 Å². The summed E-state index contributed by atoms with van der Waals surface area (Å²) in [6.07, 6.45) is 18.9. The number of fused-ring (bicyclic) bond motifs is 3. The third-order valence-electron chi connectivity index (χ3n) is 12.8. The van der Waals surface area contributed by atoms with Crippen LogP contribution < -0.4 is 11.4 Å². The van der Waals surface area contributed by atoms with Crippen LogP contribution in [0.3, 0.4) is 0 Å². The lowest BCUT2D eigenvalue weighted by Gasteiger charge is -2.38. The van der Waals surface area contributed by atoms with Gasteiger partial charge in [-0.1, -0.05) is 127 Å². The summed E-state index contributed by atoms with van der Waals surface area (Å²) in [6.45, 7) is 1.45. The van der Waals surface area contributed by atoms with E-state index in [0.29, 0.717) is 38.5 Å². The molecule has 11 atom stereocenters. The number of cyclic esters (lactones) is 1. The SMILES string of the molecule is CCCCC/C=C\C/C=C\C/C=C\CCCCCCC(=O)OC[C@@H]1COP(=O)(O)OP(=O)(O)OC[C@H]2O[C@@H](n3ccc(N)nc3=O)[C@@H](CCCCCCC(=O)O1)C(=O)C[C@@H](O)[C@H](/C=C/[C@@H](O)CCCCC)[C@H](O)[C@@H]2O. The van der Waals surface area contributed by atoms with Crippen LogP contribution in [0.25, 0.3) is 0 Å². The van der Waals surface area contributed by atoms with Crippen LogP contribution in [0.4, 0.5) is 5.82 Å². The van der Waals surface area contributed by atoms with E-state index in [1.54, 1.807) is 0 Å². The molecule has 2 aliphatic rings. The number of nitrogens with two attached hydrogens (primary N) is 1. The second-order valence-corrected chi connectivity index (χ2v) is 22.2. The molecule has 75 heavy (non-hydrogen) atoms. The zero-order valence-corrected chi connectivity index (χ0v) is 45.6. The van der Waals surface area contributed by atoms with Crippen molar-refractivity contribution in [1.29, 1.82) is 0 Å². The molecule has 2 saturated heterocycles. The number of ketones is 1. The van der Waals surface area contributed by atoms with Crippen molar-refractivity contribution in [2.45, 2.75) is 204 Å². The van der Waals surface area contributed by atoms with Gasteiger partial charge in [0.25, 0.3) is 0 Å². The minimum absolute atomic E-state index is 0.00624. The van der Waals surface area contributed by atoms with E-state index in [2.05, 4.69) is 52.7 Å². The fraction of sp³-hybridized carbons (Fsp3) is 0.712. The number of aromatic nitrogens is 2. The van der Waals surface area contributed by atoms with E-state index in [1.165, 1.54) is 43.7 Å². The van der Waals surface area contributed by atoms with E-state index in [1.807, 2.05) is 6.92 Å². The first-order chi connectivity index (χ1) is 35.9. The van der Waals surface area contributed by atoms with Crippen LogP contribution in [0, 0.1) is 11.8 Å². The maximum atomic E-state index is 14.3. The quantitative estimate of drug-likeness (QED) is 0.0224. The lowest BCUT2D eigenvalue weighted by atomic mass is 9.83. The molecule has 3 rings (SSSR count). The summed E-state index contributed by atoms with van der Waals surface area (Å²) in [5.74, 6) is -4.96. The Kier molecular flexibility index (Phi) is 31.8. The van der Waals surface area contributed by atoms with Crippen LogP contribution in [0.1, 0.15) is 168 Å². The minimum atomic E-state index is -5.72. The Balaban J connectivity index is 1.73. The summed E-state index contributed by atoms with van der Waals surface area (Å²) in [5.41, 5.74) is 4.75. The predicted molar refractivity (Wildman–Crippen MR) is 280 cm³/mol. The van der Waals surface area contributed by atoms with Crippen molar-refractivity contribution in [1.82, 2.24) is 9.55 Å². The van der Waals surface area contributed by atoms with Gasteiger partial charge < -0.3 is 50.2 Å². The number of carbonyl (C=O) groups is 3. The second-order valence-electron chi connectivity index (χ2n) is 19.2. The number of carbonyl (C=O) groups excluding carboxylic acids is 3. The number of esters is 2. The number of unbranched alkanes of at least 4 members (excludes halogenated alkanes) is 9. The van der Waals surface area contributed by atoms with Crippen molar-refractivity contribution in [2.24, 2.45) is 11.8 Å². The van der Waals surface area contributed by atoms with Gasteiger partial charge in [-0.2, -0.15) is 9.29 Å². The van der Waals surface area contributed by atoms with E-state index < -0.39 is 120 Å². The number of phosphoric ester groups is 2. The van der Waals surface area contributed by atoms with Crippen LogP contribution in [-0.2, 0) is 51.1 Å². The van der Waals surface area contributed by atoms with Crippen LogP contribution in [0.2, 0.25) is 0 Å². The molecule has 0 amide bonds. The maximum absolute atomic E-state index is 14.3. The van der Waals surface area contributed by atoms with E-state index in [4.69, 9.17) is 29.0 Å². The largest absolute Gasteiger partial charge is 0.481 e. The highest BCUT2D eigenvalue weighted by molar-refractivity contribution is 7.61. The van der Waals surface area contributed by atoms with Crippen molar-refractivity contribution in [2.75, 3.05) is 25.6 Å². The molecule has 1 aromatic rings. The predicted octanol–water partition coefficient (Wildman–Crippen LogP) is 7.92. The first kappa shape index (κ1) is 65.6. The number of anilines is 1. The zero-order chi connectivity index (χ0) is 55.1. The molecular formula is C52H85N3O18P2. The van der Waals surface area contributed by atoms with E-state index in [9.17, 15) is 58.5 Å². The third-order valence-corrected chi connectivity index (χ3v) is 15.4. The van der Waals surface area contributed by atoms with E-state index in [0.717, 1.165) is 62.4 Å². The molecule has 21 nitrogen and oxygen atoms in total. The first-order valence-electron chi connectivity index (χ1n) is 26.8. The number of ether oxygens (including phenoxy) is 3. The number of aliphatic hydroxyl groups excluding tert-OH is 4. The molecule has 3 heterocycles. The van der Waals surface area contributed by atoms with Crippen LogP contribution in [0.15, 0.2) is 65.7 Å². The Morgan fingerprint density at radius 1 is 0.840 bits per heavy atom. The average molecular weight is 1100 g/mol. The fourth-order valence-corrected chi connectivity index (χ4v) is 10.6. The summed E-state index contributed by atoms with van der Waals surface area (Å²) in [4.78, 5) is 78.4. The highest BCUT2D eigenvalue weighted by Crippen LogP contribution is 2.60. The van der Waals surface area contributed by atoms with Gasteiger partial charge in [0.2, 0.25) is 0 Å². The smallest absolute Gasteiger partial charge is 0.462 e. The second kappa shape index (κ2) is 36.4. The summed E-state index contributed by atoms with van der Waals surface area (Å²) in [5, 5.41) is 45.5. The normalized spacial score (nSPS) is 29.0. The molecule has 0 spiro atoms. The molecule has 2 aliphatic heterocycles. The summed E-state index contributed by atoms with van der Waals surface area (Å²) >= 11 is 0. The topological polar surface area (TPSA) is 323 Å². The summed E-state index contributed by atoms with van der Waals surface area (Å²) in [6, 6.07) is 1.23. The molecule has 8 N–H and O–H groups in total. The molecule has 0 radical (unpaired) electrons. The molecule has 426 valence electrons. The van der Waals surface area contributed by atoms with Gasteiger partial charge in [0.05, 0.1) is 37.4 Å². The van der Waals surface area contributed by atoms with Gasteiger partial charge in [-0.05, 0) is 70.3 Å². The standard InChI is InChI=1S/C52H85N3O18P2/c1-3-5-7-8-9-10-11-12-13-14-15-16-17-18-19-20-25-29-47(59)68-36-40-37-69-74(64,65)73-75(66,67)70-38-45-50(62)49(61)41(32-31-39(56)27-23-6-4-2)43(57)35-44(58)42(28-24-21-22-26-30-48(60)71-40)51(72-45)55-34-33-46(53)54-52(55)63/h9-10,12-13,15-16,31-34,39-43,45,49-51,56-57,61-62H,3-8,11,14,17-30,35-38H2,1-2H3,(H,64,65)(H,66,67)(H2,53,54,63)/b10-9-,13-12-,16-15-,32-31+/t39-,40+,41-,42-,43+,45+,49-,50+,51+/m0/s1. The van der Waals surface area contributed by atoms with Crippen LogP contribution in [0.5, 0.6) is 0 Å². The van der Waals surface area contributed by atoms with Crippen LogP contribution >= 0.6 is 15.6 Å². The van der Waals surface area contributed by atoms with E-state index >= 15 is 0 Å². The van der Waals surface area contributed by atoms with Gasteiger partial charge >= 0.3 is 33.3 Å². The first-order valence-corrected chi connectivity index (χ1v) is 29.7. The number of rotatable bonds is 24. The lowest BCUT2D eigenvalue weighted by molar-refractivity contribution is -0.184. The van der Waals surface area contributed by atoms with Gasteiger partial charge in [0.15, 0.2) is 6.10 Å². The number of phosphoric acid groups is 2. The van der Waals surface area contributed by atoms with Gasteiger partial charge in [-0.15, -0.1) is 0 Å². The molecule has 0 aromatic carbocycles. The van der Waals surface area contributed by atoms with Crippen molar-refractivity contribution in [3.63, 3.8) is 0 Å². The highest BCUT2D eigenvalue weighted by atomic mass is 31.3. The Morgan fingerprint density at radius 3 is 2.15 bits per heavy atom. The zero-order valence-electron chi connectivity index (χ0n) is 43.8. The van der Waals surface area contributed by atoms with Gasteiger partial charge in [-0.25, -0.2) is 13.9 Å². The minimum Gasteiger partial charge on any atom is -0.462 e. The van der Waals surface area contributed by atoms with Crippen molar-refractivity contribution in [3.05, 3.63) is 71.4 Å². The number of hydrogen-bond donors (Lipinski definition) is 7. The molecule has 23 heteroatoms. The van der Waals surface area contributed by atoms with E-state index in [-0.39, 0.29) is 31.5 Å². The number of nitrogens with zero attached hydrogens (tertiary/aromatic N) is 2. The molecule has 2 fully saturated rings. The van der Waals surface area contributed by atoms with Crippen molar-refractivity contribution in [3.8, 4) is 0 Å². The molecule has 2 unspecified atom stereocenters. The van der Waals surface area contributed by atoms with Gasteiger partial charge in [0, 0.05) is 31.4 Å². The Morgan fingerprint density at radius 2 is 1.47 bits per heavy atom. The number of hydrogen-bond acceptors (Lipinski definition) is 18. The number of allylic oxidation sites excluding steroid dienone is 6. The summed E-state index contributed by atoms with van der Waals surface area (Å²) in [7, 11) is -11.3. The van der Waals surface area contributed by atoms with Crippen molar-refractivity contribution >= 4 is 39.2 Å². The Labute approximate surface area is 441 Å². The highest BCUT2D eigenvalue weighted by Gasteiger charge is 2.45. The molecule has 1 aromatic heterocycles. The maximum Gasteiger partial charge on any atom is 0.481 e. The molecule has 0 saturated carbocycles.